The fraction of sp³-hybridized carbons (Fsp3) is 0.970. The van der Waals surface area contributed by atoms with Gasteiger partial charge in [-0.2, -0.15) is 8.42 Å². The average molecular weight is 590 g/mol. The van der Waals surface area contributed by atoms with Gasteiger partial charge in [-0.15, -0.1) is 0 Å². The van der Waals surface area contributed by atoms with Crippen molar-refractivity contribution in [3.63, 3.8) is 0 Å². The van der Waals surface area contributed by atoms with E-state index in [1.54, 1.807) is 0 Å². The summed E-state index contributed by atoms with van der Waals surface area (Å²) in [6, 6.07) is -0.960. The number of amides is 1. The highest BCUT2D eigenvalue weighted by Crippen LogP contribution is 2.15. The van der Waals surface area contributed by atoms with Gasteiger partial charge in [0, 0.05) is 6.42 Å². The maximum atomic E-state index is 12.4. The molecule has 0 fully saturated rings. The Balaban J connectivity index is 3.74. The lowest BCUT2D eigenvalue weighted by Gasteiger charge is -2.23. The molecule has 0 spiro atoms. The molecular formula is C33H67NO5S. The van der Waals surface area contributed by atoms with E-state index in [0.717, 1.165) is 44.9 Å². The van der Waals surface area contributed by atoms with Gasteiger partial charge >= 0.3 is 0 Å². The molecule has 6 nitrogen and oxygen atoms in total. The molecule has 240 valence electrons. The van der Waals surface area contributed by atoms with Crippen molar-refractivity contribution in [2.24, 2.45) is 0 Å². The van der Waals surface area contributed by atoms with Crippen molar-refractivity contribution in [1.29, 1.82) is 0 Å². The van der Waals surface area contributed by atoms with Crippen molar-refractivity contribution in [2.75, 3.05) is 5.75 Å². The monoisotopic (exact) mass is 589 g/mol. The van der Waals surface area contributed by atoms with E-state index in [1.165, 1.54) is 116 Å². The summed E-state index contributed by atoms with van der Waals surface area (Å²) in [6.07, 6.45) is 30.8. The van der Waals surface area contributed by atoms with Crippen LogP contribution in [0.15, 0.2) is 0 Å². The molecule has 0 aromatic carbocycles. The summed E-state index contributed by atoms with van der Waals surface area (Å²) in [6.45, 7) is 4.43. The molecule has 7 heteroatoms. The van der Waals surface area contributed by atoms with Crippen LogP contribution in [0, 0.1) is 0 Å². The summed E-state index contributed by atoms with van der Waals surface area (Å²) in [5.74, 6) is -0.891. The number of rotatable bonds is 31. The molecule has 40 heavy (non-hydrogen) atoms. The van der Waals surface area contributed by atoms with E-state index in [-0.39, 0.29) is 5.91 Å². The lowest BCUT2D eigenvalue weighted by Crippen LogP contribution is -2.47. The van der Waals surface area contributed by atoms with Gasteiger partial charge in [0.2, 0.25) is 5.91 Å². The fourth-order valence-corrected chi connectivity index (χ4v) is 6.21. The molecule has 0 aromatic rings. The van der Waals surface area contributed by atoms with Crippen LogP contribution in [0.2, 0.25) is 0 Å². The van der Waals surface area contributed by atoms with Gasteiger partial charge in [-0.3, -0.25) is 9.35 Å². The van der Waals surface area contributed by atoms with Crippen LogP contribution in [0.5, 0.6) is 0 Å². The van der Waals surface area contributed by atoms with E-state index in [9.17, 15) is 22.9 Å². The second-order valence-electron chi connectivity index (χ2n) is 12.2. The van der Waals surface area contributed by atoms with E-state index in [4.69, 9.17) is 0 Å². The van der Waals surface area contributed by atoms with Crippen LogP contribution in [0.3, 0.4) is 0 Å². The number of unbranched alkanes of at least 4 members (excludes halogenated alkanes) is 23. The second-order valence-corrected chi connectivity index (χ2v) is 13.7. The number of carbonyl (C=O) groups excluding carboxylic acids is 1. The van der Waals surface area contributed by atoms with E-state index >= 15 is 0 Å². The molecule has 0 aliphatic heterocycles. The summed E-state index contributed by atoms with van der Waals surface area (Å²) >= 11 is 0. The molecule has 0 aliphatic carbocycles. The largest absolute Gasteiger partial charge is 0.391 e. The molecule has 0 heterocycles. The molecule has 0 radical (unpaired) electrons. The number of carbonyl (C=O) groups is 1. The smallest absolute Gasteiger partial charge is 0.266 e. The molecule has 0 aromatic heterocycles. The Morgan fingerprint density at radius 3 is 1.25 bits per heavy atom. The minimum absolute atomic E-state index is 0.248. The zero-order valence-electron chi connectivity index (χ0n) is 26.5. The van der Waals surface area contributed by atoms with Gasteiger partial charge in [-0.05, 0) is 12.8 Å². The van der Waals surface area contributed by atoms with Crippen molar-refractivity contribution >= 4 is 16.0 Å². The Bertz CT molecular complexity index is 655. The Morgan fingerprint density at radius 1 is 0.575 bits per heavy atom. The SMILES string of the molecule is CCCCCCCCCCCCCCCCCCCCCC(=O)NC(CS(=O)(=O)O)C(O)CCCCCCCC. The quantitative estimate of drug-likeness (QED) is 0.0552. The first kappa shape index (κ1) is 39.3. The maximum Gasteiger partial charge on any atom is 0.266 e. The van der Waals surface area contributed by atoms with E-state index in [0.29, 0.717) is 12.8 Å². The predicted octanol–water partition coefficient (Wildman–Crippen LogP) is 9.29. The Kier molecular flexibility index (Phi) is 28.0. The summed E-state index contributed by atoms with van der Waals surface area (Å²) in [5, 5.41) is 13.1. The van der Waals surface area contributed by atoms with Gasteiger partial charge in [0.05, 0.1) is 17.9 Å². The van der Waals surface area contributed by atoms with Crippen molar-refractivity contribution in [3.05, 3.63) is 0 Å². The summed E-state index contributed by atoms with van der Waals surface area (Å²) in [5.41, 5.74) is 0. The molecule has 2 atom stereocenters. The molecule has 0 rings (SSSR count). The third kappa shape index (κ3) is 28.9. The summed E-state index contributed by atoms with van der Waals surface area (Å²) < 4.78 is 32.1. The van der Waals surface area contributed by atoms with Gasteiger partial charge in [-0.1, -0.05) is 168 Å². The molecule has 2 unspecified atom stereocenters. The number of hydrogen-bond acceptors (Lipinski definition) is 4. The van der Waals surface area contributed by atoms with Crippen LogP contribution >= 0.6 is 0 Å². The van der Waals surface area contributed by atoms with E-state index in [1.807, 2.05) is 0 Å². The van der Waals surface area contributed by atoms with Crippen molar-refractivity contribution < 1.29 is 22.9 Å². The topological polar surface area (TPSA) is 104 Å². The first-order valence-electron chi connectivity index (χ1n) is 17.2. The van der Waals surface area contributed by atoms with Gasteiger partial charge in [0.25, 0.3) is 10.1 Å². The maximum absolute atomic E-state index is 12.4. The van der Waals surface area contributed by atoms with Gasteiger partial charge in [-0.25, -0.2) is 0 Å². The van der Waals surface area contributed by atoms with Gasteiger partial charge in [0.1, 0.15) is 0 Å². The Morgan fingerprint density at radius 2 is 0.900 bits per heavy atom. The molecular weight excluding hydrogens is 522 g/mol. The zero-order valence-corrected chi connectivity index (χ0v) is 27.3. The minimum atomic E-state index is -4.29. The van der Waals surface area contributed by atoms with Crippen LogP contribution < -0.4 is 5.32 Å². The lowest BCUT2D eigenvalue weighted by atomic mass is 10.0. The highest BCUT2D eigenvalue weighted by Gasteiger charge is 2.26. The highest BCUT2D eigenvalue weighted by molar-refractivity contribution is 7.85. The Labute approximate surface area is 249 Å². The molecule has 1 amide bonds. The number of hydrogen-bond donors (Lipinski definition) is 3. The zero-order chi connectivity index (χ0) is 29.7. The van der Waals surface area contributed by atoms with Crippen LogP contribution in [-0.2, 0) is 14.9 Å². The molecule has 0 bridgehead atoms. The average Bonchev–Trinajstić information content (AvgIpc) is 2.90. The first-order valence-corrected chi connectivity index (χ1v) is 18.8. The minimum Gasteiger partial charge on any atom is -0.391 e. The van der Waals surface area contributed by atoms with Crippen LogP contribution in [0.4, 0.5) is 0 Å². The number of aliphatic hydroxyl groups is 1. The third-order valence-corrected chi connectivity index (χ3v) is 8.84. The van der Waals surface area contributed by atoms with Crippen LogP contribution in [0.1, 0.15) is 187 Å². The molecule has 0 saturated heterocycles. The first-order chi connectivity index (χ1) is 19.3. The normalized spacial score (nSPS) is 13.4. The van der Waals surface area contributed by atoms with Crippen LogP contribution in [-0.4, -0.2) is 41.9 Å². The molecule has 3 N–H and O–H groups in total. The summed E-state index contributed by atoms with van der Waals surface area (Å²) in [7, 11) is -4.29. The predicted molar refractivity (Wildman–Crippen MR) is 170 cm³/mol. The Hall–Kier alpha value is -0.660. The number of aliphatic hydroxyl groups excluding tert-OH is 1. The molecule has 0 aliphatic rings. The van der Waals surface area contributed by atoms with Gasteiger partial charge < -0.3 is 10.4 Å². The third-order valence-electron chi connectivity index (χ3n) is 8.06. The van der Waals surface area contributed by atoms with Crippen molar-refractivity contribution in [1.82, 2.24) is 5.32 Å². The second kappa shape index (κ2) is 28.5. The van der Waals surface area contributed by atoms with E-state index in [2.05, 4.69) is 19.2 Å². The van der Waals surface area contributed by atoms with Crippen LogP contribution in [0.25, 0.3) is 0 Å². The van der Waals surface area contributed by atoms with E-state index < -0.39 is 28.0 Å². The van der Waals surface area contributed by atoms with Crippen molar-refractivity contribution in [3.8, 4) is 0 Å². The highest BCUT2D eigenvalue weighted by atomic mass is 32.2. The molecule has 0 saturated carbocycles. The number of nitrogens with one attached hydrogen (secondary N) is 1. The van der Waals surface area contributed by atoms with Gasteiger partial charge in [0.15, 0.2) is 0 Å². The summed E-state index contributed by atoms with van der Waals surface area (Å²) in [4.78, 5) is 12.4. The standard InChI is InChI=1S/C33H67NO5S/c1-3-5-7-9-11-12-13-14-15-16-17-18-19-20-21-22-23-25-27-29-33(36)34-31(30-40(37,38)39)32(35)28-26-24-10-8-6-4-2/h31-32,35H,3-30H2,1-2H3,(H,34,36)(H,37,38,39). The van der Waals surface area contributed by atoms with Crippen molar-refractivity contribution in [2.45, 2.75) is 199 Å². The fourth-order valence-electron chi connectivity index (χ4n) is 5.45. The lowest BCUT2D eigenvalue weighted by molar-refractivity contribution is -0.122.